The number of aromatic nitrogens is 1. The number of thiazole rings is 1. The molecule has 0 unspecified atom stereocenters. The number of thioether (sulfide) groups is 1. The van der Waals surface area contributed by atoms with Crippen LogP contribution in [0.5, 0.6) is 0 Å². The predicted octanol–water partition coefficient (Wildman–Crippen LogP) is 4.77. The average molecular weight is 442 g/mol. The molecule has 7 heteroatoms. The number of rotatable bonds is 6. The number of anilines is 1. The van der Waals surface area contributed by atoms with Gasteiger partial charge in [0.25, 0.3) is 0 Å². The molecular weight excluding hydrogens is 417 g/mol. The summed E-state index contributed by atoms with van der Waals surface area (Å²) in [7, 11) is 0. The maximum absolute atomic E-state index is 13.1. The highest BCUT2D eigenvalue weighted by molar-refractivity contribution is 8.00. The molecule has 4 nitrogen and oxygen atoms in total. The number of carbonyl (C=O) groups is 1. The molecule has 0 saturated carbocycles. The molecule has 0 aliphatic carbocycles. The Labute approximate surface area is 184 Å². The van der Waals surface area contributed by atoms with Gasteiger partial charge in [-0.05, 0) is 36.8 Å². The normalized spacial score (nSPS) is 14.2. The fourth-order valence-corrected chi connectivity index (χ4v) is 5.20. The Morgan fingerprint density at radius 1 is 1.07 bits per heavy atom. The van der Waals surface area contributed by atoms with E-state index in [1.807, 2.05) is 10.3 Å². The van der Waals surface area contributed by atoms with E-state index in [0.29, 0.717) is 19.5 Å². The van der Waals surface area contributed by atoms with Gasteiger partial charge in [-0.1, -0.05) is 41.6 Å². The number of carbonyl (C=O) groups excluding carboxylic acids is 1. The van der Waals surface area contributed by atoms with Crippen LogP contribution in [0.4, 0.5) is 10.1 Å². The van der Waals surface area contributed by atoms with Gasteiger partial charge in [0.05, 0.1) is 12.1 Å². The zero-order valence-corrected chi connectivity index (χ0v) is 18.5. The smallest absolute Gasteiger partial charge is 0.228 e. The second-order valence-electron chi connectivity index (χ2n) is 7.40. The van der Waals surface area contributed by atoms with E-state index < -0.39 is 0 Å². The monoisotopic (exact) mass is 441 g/mol. The van der Waals surface area contributed by atoms with E-state index in [0.717, 1.165) is 34.6 Å². The molecule has 0 radical (unpaired) electrons. The van der Waals surface area contributed by atoms with Crippen LogP contribution in [0.1, 0.15) is 16.8 Å². The number of halogens is 1. The van der Waals surface area contributed by atoms with Crippen molar-refractivity contribution in [1.29, 1.82) is 0 Å². The highest BCUT2D eigenvalue weighted by Gasteiger charge is 2.22. The summed E-state index contributed by atoms with van der Waals surface area (Å²) in [6, 6.07) is 15.1. The third kappa shape index (κ3) is 5.40. The van der Waals surface area contributed by atoms with Gasteiger partial charge in [-0.3, -0.25) is 4.79 Å². The summed E-state index contributed by atoms with van der Waals surface area (Å²) < 4.78 is 14.1. The molecule has 156 valence electrons. The fourth-order valence-electron chi connectivity index (χ4n) is 3.40. The summed E-state index contributed by atoms with van der Waals surface area (Å²) in [5.74, 6) is 0.772. The first-order valence-electron chi connectivity index (χ1n) is 9.98. The maximum Gasteiger partial charge on any atom is 0.228 e. The topological polar surface area (TPSA) is 36.4 Å². The molecule has 2 aromatic carbocycles. The predicted molar refractivity (Wildman–Crippen MR) is 122 cm³/mol. The van der Waals surface area contributed by atoms with Crippen LogP contribution in [0.25, 0.3) is 0 Å². The highest BCUT2D eigenvalue weighted by atomic mass is 32.2. The second kappa shape index (κ2) is 9.62. The first-order valence-corrected chi connectivity index (χ1v) is 11.8. The van der Waals surface area contributed by atoms with E-state index in [9.17, 15) is 9.18 Å². The van der Waals surface area contributed by atoms with Crippen LogP contribution < -0.4 is 4.90 Å². The molecule has 0 N–H and O–H groups in total. The first-order chi connectivity index (χ1) is 14.6. The quantitative estimate of drug-likeness (QED) is 0.516. The van der Waals surface area contributed by atoms with Gasteiger partial charge in [0.1, 0.15) is 10.2 Å². The molecule has 1 saturated heterocycles. The summed E-state index contributed by atoms with van der Waals surface area (Å²) in [5, 5.41) is 1.99. The van der Waals surface area contributed by atoms with E-state index in [2.05, 4.69) is 41.1 Å². The summed E-state index contributed by atoms with van der Waals surface area (Å²) >= 11 is 3.31. The van der Waals surface area contributed by atoms with Gasteiger partial charge in [-0.2, -0.15) is 0 Å². The van der Waals surface area contributed by atoms with Crippen molar-refractivity contribution < 1.29 is 9.18 Å². The van der Waals surface area contributed by atoms with E-state index >= 15 is 0 Å². The number of piperazine rings is 1. The number of amides is 1. The van der Waals surface area contributed by atoms with Crippen molar-refractivity contribution in [1.82, 2.24) is 9.88 Å². The van der Waals surface area contributed by atoms with Gasteiger partial charge < -0.3 is 9.80 Å². The molecule has 1 amide bonds. The van der Waals surface area contributed by atoms with Gasteiger partial charge >= 0.3 is 0 Å². The Kier molecular flexibility index (Phi) is 6.69. The largest absolute Gasteiger partial charge is 0.368 e. The van der Waals surface area contributed by atoms with Gasteiger partial charge in [-0.15, -0.1) is 11.3 Å². The number of benzene rings is 2. The third-order valence-electron chi connectivity index (χ3n) is 5.17. The van der Waals surface area contributed by atoms with Crippen LogP contribution in [-0.4, -0.2) is 42.0 Å². The van der Waals surface area contributed by atoms with Crippen molar-refractivity contribution in [2.45, 2.75) is 23.4 Å². The molecular formula is C23H24FN3OS2. The lowest BCUT2D eigenvalue weighted by Gasteiger charge is -2.36. The van der Waals surface area contributed by atoms with Crippen molar-refractivity contribution >= 4 is 34.7 Å². The van der Waals surface area contributed by atoms with Gasteiger partial charge in [0.15, 0.2) is 0 Å². The molecule has 1 aliphatic rings. The Balaban J connectivity index is 1.25. The molecule has 1 aliphatic heterocycles. The van der Waals surface area contributed by atoms with Gasteiger partial charge in [-0.25, -0.2) is 9.37 Å². The minimum Gasteiger partial charge on any atom is -0.368 e. The van der Waals surface area contributed by atoms with Crippen LogP contribution in [0.2, 0.25) is 0 Å². The second-order valence-corrected chi connectivity index (χ2v) is 9.48. The third-order valence-corrected chi connectivity index (χ3v) is 7.31. The van der Waals surface area contributed by atoms with Crippen LogP contribution in [-0.2, 0) is 17.0 Å². The van der Waals surface area contributed by atoms with Crippen LogP contribution in [0.3, 0.4) is 0 Å². The Morgan fingerprint density at radius 2 is 1.77 bits per heavy atom. The molecule has 0 bridgehead atoms. The lowest BCUT2D eigenvalue weighted by Crippen LogP contribution is -2.49. The average Bonchev–Trinajstić information content (AvgIpc) is 3.21. The van der Waals surface area contributed by atoms with E-state index in [1.54, 1.807) is 35.2 Å². The molecule has 1 aromatic heterocycles. The van der Waals surface area contributed by atoms with Crippen LogP contribution >= 0.6 is 23.1 Å². The maximum atomic E-state index is 13.1. The van der Waals surface area contributed by atoms with Gasteiger partial charge in [0.2, 0.25) is 5.91 Å². The minimum atomic E-state index is -0.229. The molecule has 3 aromatic rings. The minimum absolute atomic E-state index is 0.120. The Bertz CT molecular complexity index is 980. The Hall–Kier alpha value is -2.38. The molecule has 30 heavy (non-hydrogen) atoms. The molecule has 4 rings (SSSR count). The molecule has 0 spiro atoms. The van der Waals surface area contributed by atoms with Crippen molar-refractivity contribution in [3.8, 4) is 0 Å². The van der Waals surface area contributed by atoms with Crippen molar-refractivity contribution in [3.05, 3.63) is 76.5 Å². The lowest BCUT2D eigenvalue weighted by atomic mass is 10.2. The van der Waals surface area contributed by atoms with E-state index in [1.165, 1.54) is 23.3 Å². The van der Waals surface area contributed by atoms with Crippen LogP contribution in [0, 0.1) is 12.7 Å². The Morgan fingerprint density at radius 3 is 2.47 bits per heavy atom. The highest BCUT2D eigenvalue weighted by Crippen LogP contribution is 2.27. The number of aryl methyl sites for hydroxylation is 1. The zero-order chi connectivity index (χ0) is 20.9. The summed E-state index contributed by atoms with van der Waals surface area (Å²) in [6.45, 7) is 4.95. The fraction of sp³-hybridized carbons (Fsp3) is 0.304. The van der Waals surface area contributed by atoms with Crippen molar-refractivity contribution in [3.63, 3.8) is 0 Å². The zero-order valence-electron chi connectivity index (χ0n) is 16.9. The number of hydrogen-bond donors (Lipinski definition) is 0. The summed E-state index contributed by atoms with van der Waals surface area (Å²) in [5.41, 5.74) is 4.38. The SMILES string of the molecule is Cc1ccc(CSc2nc(CC(=O)N3CCN(c4ccc(F)cc4)CC3)cs2)cc1. The van der Waals surface area contributed by atoms with E-state index in [-0.39, 0.29) is 11.7 Å². The standard InChI is InChI=1S/C23H24FN3OS2/c1-17-2-4-18(5-3-17)15-29-23-25-20(16-30-23)14-22(28)27-12-10-26(11-13-27)21-8-6-19(24)7-9-21/h2-9,16H,10-15H2,1H3. The van der Waals surface area contributed by atoms with Crippen LogP contribution in [0.15, 0.2) is 58.3 Å². The first kappa shape index (κ1) is 20.9. The van der Waals surface area contributed by atoms with Gasteiger partial charge in [0, 0.05) is 43.0 Å². The molecule has 1 fully saturated rings. The van der Waals surface area contributed by atoms with Crippen molar-refractivity contribution in [2.24, 2.45) is 0 Å². The number of nitrogens with zero attached hydrogens (tertiary/aromatic N) is 3. The van der Waals surface area contributed by atoms with E-state index in [4.69, 9.17) is 0 Å². The lowest BCUT2D eigenvalue weighted by molar-refractivity contribution is -0.130. The molecule has 0 atom stereocenters. The molecule has 2 heterocycles. The van der Waals surface area contributed by atoms with Crippen molar-refractivity contribution in [2.75, 3.05) is 31.1 Å². The summed E-state index contributed by atoms with van der Waals surface area (Å²) in [6.07, 6.45) is 0.345. The summed E-state index contributed by atoms with van der Waals surface area (Å²) in [4.78, 5) is 21.4. The number of hydrogen-bond acceptors (Lipinski definition) is 5.